The quantitative estimate of drug-likeness (QED) is 0.865. The molecule has 2 unspecified atom stereocenters. The van der Waals surface area contributed by atoms with Gasteiger partial charge in [0.2, 0.25) is 5.91 Å². The summed E-state index contributed by atoms with van der Waals surface area (Å²) in [6.07, 6.45) is 2.82. The van der Waals surface area contributed by atoms with Crippen molar-refractivity contribution in [2.75, 3.05) is 6.54 Å². The molecule has 1 fully saturated rings. The summed E-state index contributed by atoms with van der Waals surface area (Å²) >= 11 is 7.79. The van der Waals surface area contributed by atoms with E-state index >= 15 is 0 Å². The summed E-state index contributed by atoms with van der Waals surface area (Å²) in [7, 11) is 0. The van der Waals surface area contributed by atoms with E-state index in [1.54, 1.807) is 0 Å². The molecule has 1 aliphatic carbocycles. The van der Waals surface area contributed by atoms with E-state index in [1.807, 2.05) is 36.0 Å². The van der Waals surface area contributed by atoms with Crippen molar-refractivity contribution in [3.63, 3.8) is 0 Å². The smallest absolute Gasteiger partial charge is 0.223 e. The number of nitriles is 1. The Kier molecular flexibility index (Phi) is 5.33. The first-order valence-electron chi connectivity index (χ1n) is 6.67. The molecule has 0 bridgehead atoms. The molecule has 1 N–H and O–H groups in total. The van der Waals surface area contributed by atoms with Crippen LogP contribution in [0.3, 0.4) is 0 Å². The van der Waals surface area contributed by atoms with Gasteiger partial charge in [-0.3, -0.25) is 4.79 Å². The molecule has 0 heterocycles. The third-order valence-corrected chi connectivity index (χ3v) is 5.24. The van der Waals surface area contributed by atoms with Gasteiger partial charge in [-0.15, -0.1) is 11.8 Å². The molecule has 0 aliphatic heterocycles. The Morgan fingerprint density at radius 3 is 3.05 bits per heavy atom. The number of amides is 1. The molecule has 1 aromatic carbocycles. The lowest BCUT2D eigenvalue weighted by molar-refractivity contribution is -0.124. The van der Waals surface area contributed by atoms with E-state index in [0.29, 0.717) is 5.25 Å². The molecule has 1 aromatic rings. The second-order valence-corrected chi connectivity index (χ2v) is 6.81. The van der Waals surface area contributed by atoms with E-state index in [9.17, 15) is 4.79 Å². The number of rotatable bonds is 4. The van der Waals surface area contributed by atoms with Crippen LogP contribution in [0, 0.1) is 24.2 Å². The average molecular weight is 309 g/mol. The summed E-state index contributed by atoms with van der Waals surface area (Å²) in [6, 6.07) is 7.86. The van der Waals surface area contributed by atoms with Gasteiger partial charge in [-0.05, 0) is 49.9 Å². The van der Waals surface area contributed by atoms with Crippen LogP contribution in [0.25, 0.3) is 0 Å². The minimum Gasteiger partial charge on any atom is -0.343 e. The van der Waals surface area contributed by atoms with E-state index in [4.69, 9.17) is 16.9 Å². The molecule has 3 nitrogen and oxygen atoms in total. The van der Waals surface area contributed by atoms with Crippen LogP contribution < -0.4 is 5.32 Å². The van der Waals surface area contributed by atoms with Crippen molar-refractivity contribution in [3.8, 4) is 6.07 Å². The number of carbonyl (C=O) groups is 1. The monoisotopic (exact) mass is 308 g/mol. The summed E-state index contributed by atoms with van der Waals surface area (Å²) in [5.41, 5.74) is 1.18. The number of hydrogen-bond donors (Lipinski definition) is 1. The van der Waals surface area contributed by atoms with Crippen molar-refractivity contribution in [2.45, 2.75) is 36.3 Å². The van der Waals surface area contributed by atoms with Crippen molar-refractivity contribution >= 4 is 29.3 Å². The lowest BCUT2D eigenvalue weighted by Gasteiger charge is -2.12. The zero-order valence-electron chi connectivity index (χ0n) is 11.4. The Balaban J connectivity index is 1.90. The van der Waals surface area contributed by atoms with E-state index in [0.717, 1.165) is 24.3 Å². The van der Waals surface area contributed by atoms with Crippen LogP contribution in [0.15, 0.2) is 23.1 Å². The highest BCUT2D eigenvalue weighted by Crippen LogP contribution is 2.39. The number of nitrogens with zero attached hydrogens (tertiary/aromatic N) is 1. The number of thioether (sulfide) groups is 1. The molecule has 2 atom stereocenters. The predicted octanol–water partition coefficient (Wildman–Crippen LogP) is 3.55. The Hall–Kier alpha value is -1.18. The molecule has 1 saturated carbocycles. The number of halogens is 1. The summed E-state index contributed by atoms with van der Waals surface area (Å²) in [5, 5.41) is 12.4. The summed E-state index contributed by atoms with van der Waals surface area (Å²) in [6.45, 7) is 2.16. The first-order chi connectivity index (χ1) is 9.60. The number of hydrogen-bond acceptors (Lipinski definition) is 3. The third kappa shape index (κ3) is 3.91. The number of nitrogens with one attached hydrogen (secondary N) is 1. The fraction of sp³-hybridized carbons (Fsp3) is 0.467. The maximum absolute atomic E-state index is 11.8. The highest BCUT2D eigenvalue weighted by atomic mass is 35.5. The number of benzene rings is 1. The maximum atomic E-state index is 11.8. The minimum atomic E-state index is 0.0162. The molecule has 1 amide bonds. The highest BCUT2D eigenvalue weighted by Gasteiger charge is 2.30. The van der Waals surface area contributed by atoms with Crippen molar-refractivity contribution in [3.05, 3.63) is 28.8 Å². The summed E-state index contributed by atoms with van der Waals surface area (Å²) in [4.78, 5) is 13.1. The van der Waals surface area contributed by atoms with E-state index in [2.05, 4.69) is 12.2 Å². The molecular formula is C15H17ClN2OS. The maximum Gasteiger partial charge on any atom is 0.223 e. The Bertz CT molecular complexity index is 541. The first-order valence-corrected chi connectivity index (χ1v) is 7.93. The van der Waals surface area contributed by atoms with Crippen molar-refractivity contribution in [1.82, 2.24) is 5.32 Å². The van der Waals surface area contributed by atoms with Gasteiger partial charge in [-0.25, -0.2) is 0 Å². The van der Waals surface area contributed by atoms with E-state index < -0.39 is 0 Å². The van der Waals surface area contributed by atoms with Crippen LogP contribution in [0.1, 0.15) is 24.8 Å². The van der Waals surface area contributed by atoms with Crippen molar-refractivity contribution < 1.29 is 4.79 Å². The van der Waals surface area contributed by atoms with Crippen LogP contribution in [0.5, 0.6) is 0 Å². The van der Waals surface area contributed by atoms with Gasteiger partial charge in [0.1, 0.15) is 6.54 Å². The first kappa shape index (κ1) is 15.2. The molecular weight excluding hydrogens is 292 g/mol. The number of carbonyl (C=O) groups excluding carboxylic acids is 1. The minimum absolute atomic E-state index is 0.0162. The molecule has 20 heavy (non-hydrogen) atoms. The topological polar surface area (TPSA) is 52.9 Å². The van der Waals surface area contributed by atoms with Gasteiger partial charge in [-0.2, -0.15) is 5.26 Å². The standard InChI is InChI=1S/C15H17ClN2OS/c1-10-8-12(16)3-5-14(10)20-13-4-2-11(9-13)15(19)18-7-6-17/h3,5,8,11,13H,2,4,7,9H2,1H3,(H,18,19). The van der Waals surface area contributed by atoms with Crippen LogP contribution in [-0.4, -0.2) is 17.7 Å². The molecule has 5 heteroatoms. The van der Waals surface area contributed by atoms with Gasteiger partial charge in [0.25, 0.3) is 0 Å². The Morgan fingerprint density at radius 2 is 2.35 bits per heavy atom. The van der Waals surface area contributed by atoms with Gasteiger partial charge in [0.15, 0.2) is 0 Å². The van der Waals surface area contributed by atoms with E-state index in [-0.39, 0.29) is 18.4 Å². The average Bonchev–Trinajstić information content (AvgIpc) is 2.88. The molecule has 106 valence electrons. The lowest BCUT2D eigenvalue weighted by Crippen LogP contribution is -2.29. The van der Waals surface area contributed by atoms with E-state index in [1.165, 1.54) is 10.5 Å². The fourth-order valence-corrected chi connectivity index (χ4v) is 4.04. The number of aryl methyl sites for hydroxylation is 1. The SMILES string of the molecule is Cc1cc(Cl)ccc1SC1CCC(C(=O)NCC#N)C1. The van der Waals surface area contributed by atoms with Gasteiger partial charge in [0, 0.05) is 21.1 Å². The van der Waals surface area contributed by atoms with Crippen molar-refractivity contribution in [2.24, 2.45) is 5.92 Å². The van der Waals surface area contributed by atoms with Crippen LogP contribution in [0.4, 0.5) is 0 Å². The molecule has 0 saturated heterocycles. The largest absolute Gasteiger partial charge is 0.343 e. The summed E-state index contributed by atoms with van der Waals surface area (Å²) in [5.74, 6) is 0.0657. The van der Waals surface area contributed by atoms with Crippen LogP contribution in [0.2, 0.25) is 5.02 Å². The molecule has 0 spiro atoms. The Morgan fingerprint density at radius 1 is 1.55 bits per heavy atom. The molecule has 1 aliphatic rings. The van der Waals surface area contributed by atoms with Crippen LogP contribution in [-0.2, 0) is 4.79 Å². The van der Waals surface area contributed by atoms with Gasteiger partial charge >= 0.3 is 0 Å². The van der Waals surface area contributed by atoms with Gasteiger partial charge in [-0.1, -0.05) is 11.6 Å². The Labute approximate surface area is 128 Å². The third-order valence-electron chi connectivity index (χ3n) is 3.53. The highest BCUT2D eigenvalue weighted by molar-refractivity contribution is 8.00. The van der Waals surface area contributed by atoms with Crippen LogP contribution >= 0.6 is 23.4 Å². The normalized spacial score (nSPS) is 21.4. The summed E-state index contributed by atoms with van der Waals surface area (Å²) < 4.78 is 0. The second kappa shape index (κ2) is 7.01. The predicted molar refractivity (Wildman–Crippen MR) is 81.8 cm³/mol. The molecule has 2 rings (SSSR count). The molecule has 0 radical (unpaired) electrons. The van der Waals surface area contributed by atoms with Crippen molar-refractivity contribution in [1.29, 1.82) is 5.26 Å². The molecule has 0 aromatic heterocycles. The second-order valence-electron chi connectivity index (χ2n) is 5.04. The zero-order valence-corrected chi connectivity index (χ0v) is 12.9. The zero-order chi connectivity index (χ0) is 14.5. The fourth-order valence-electron chi connectivity index (χ4n) is 2.48. The lowest BCUT2D eigenvalue weighted by atomic mass is 10.1. The van der Waals surface area contributed by atoms with Gasteiger partial charge < -0.3 is 5.32 Å². The van der Waals surface area contributed by atoms with Gasteiger partial charge in [0.05, 0.1) is 6.07 Å².